The molecule has 0 spiro atoms. The Morgan fingerprint density at radius 3 is 2.77 bits per heavy atom. The lowest BCUT2D eigenvalue weighted by Gasteiger charge is -2.30. The third-order valence-corrected chi connectivity index (χ3v) is 4.38. The van der Waals surface area contributed by atoms with Crippen molar-refractivity contribution in [1.29, 1.82) is 0 Å². The highest BCUT2D eigenvalue weighted by atomic mass is 16.5. The number of anilines is 2. The van der Waals surface area contributed by atoms with Crippen LogP contribution < -0.4 is 15.4 Å². The van der Waals surface area contributed by atoms with Crippen LogP contribution >= 0.6 is 0 Å². The molecule has 1 aliphatic rings. The van der Waals surface area contributed by atoms with Crippen LogP contribution in [-0.4, -0.2) is 37.9 Å². The molecule has 0 bridgehead atoms. The van der Waals surface area contributed by atoms with E-state index in [0.717, 1.165) is 22.4 Å². The van der Waals surface area contributed by atoms with E-state index in [9.17, 15) is 0 Å². The minimum atomic E-state index is 0.00551. The molecule has 0 radical (unpaired) electrons. The van der Waals surface area contributed by atoms with E-state index in [2.05, 4.69) is 31.9 Å². The van der Waals surface area contributed by atoms with E-state index in [0.29, 0.717) is 30.7 Å². The quantitative estimate of drug-likeness (QED) is 0.755. The lowest BCUT2D eigenvalue weighted by molar-refractivity contribution is 0.312. The molecule has 4 heterocycles. The van der Waals surface area contributed by atoms with Crippen LogP contribution in [0.15, 0.2) is 18.3 Å². The summed E-state index contributed by atoms with van der Waals surface area (Å²) in [6, 6.07) is 3.90. The maximum atomic E-state index is 6.07. The number of pyridine rings is 1. The van der Waals surface area contributed by atoms with Gasteiger partial charge in [-0.3, -0.25) is 0 Å². The van der Waals surface area contributed by atoms with Gasteiger partial charge in [0, 0.05) is 18.8 Å². The Kier molecular flexibility index (Phi) is 4.92. The number of nitrogens with zero attached hydrogens (tertiary/aromatic N) is 6. The molecule has 26 heavy (non-hydrogen) atoms. The van der Waals surface area contributed by atoms with Crippen molar-refractivity contribution >= 4 is 22.7 Å². The molecule has 2 N–H and O–H groups in total. The Balaban J connectivity index is 0.000000948. The number of hydrogen-bond acceptors (Lipinski definition) is 7. The van der Waals surface area contributed by atoms with Gasteiger partial charge in [-0.25, -0.2) is 19.6 Å². The van der Waals surface area contributed by atoms with Crippen LogP contribution in [0.1, 0.15) is 38.2 Å². The van der Waals surface area contributed by atoms with E-state index >= 15 is 0 Å². The number of nitrogen functional groups attached to an aromatic ring is 1. The highest BCUT2D eigenvalue weighted by molar-refractivity contribution is 5.93. The number of aryl methyl sites for hydroxylation is 2. The van der Waals surface area contributed by atoms with Crippen molar-refractivity contribution in [2.24, 2.45) is 7.05 Å². The summed E-state index contributed by atoms with van der Waals surface area (Å²) in [5.74, 6) is 2.64. The Morgan fingerprint density at radius 1 is 1.27 bits per heavy atom. The first kappa shape index (κ1) is 17.9. The van der Waals surface area contributed by atoms with Gasteiger partial charge in [-0.2, -0.15) is 0 Å². The molecule has 8 nitrogen and oxygen atoms in total. The van der Waals surface area contributed by atoms with Gasteiger partial charge in [0.25, 0.3) is 0 Å². The van der Waals surface area contributed by atoms with Gasteiger partial charge in [0.1, 0.15) is 29.5 Å². The van der Waals surface area contributed by atoms with E-state index in [4.69, 9.17) is 10.5 Å². The molecule has 1 aliphatic heterocycles. The lowest BCUT2D eigenvalue weighted by atomic mass is 10.1. The smallest absolute Gasteiger partial charge is 0.246 e. The summed E-state index contributed by atoms with van der Waals surface area (Å²) < 4.78 is 7.56. The van der Waals surface area contributed by atoms with Crippen LogP contribution in [0, 0.1) is 6.92 Å². The zero-order valence-electron chi connectivity index (χ0n) is 15.9. The van der Waals surface area contributed by atoms with Gasteiger partial charge in [0.05, 0.1) is 12.6 Å². The molecule has 4 rings (SSSR count). The standard InChI is InChI=1S/C16H19N7O.C2H6/c1-9(11-5-4-6-18-13(11)17)23-7-8-24-16-12-14(22(3)21-16)19-10(2)20-15(12)23;1-2/h4-6,9H,7-8H2,1-3H3,(H2,17,18);1-2H3. The Morgan fingerprint density at radius 2 is 2.04 bits per heavy atom. The Bertz CT molecular complexity index is 921. The molecule has 3 aromatic heterocycles. The zero-order valence-corrected chi connectivity index (χ0v) is 15.9. The van der Waals surface area contributed by atoms with Gasteiger partial charge in [0.2, 0.25) is 5.88 Å². The van der Waals surface area contributed by atoms with Crippen molar-refractivity contribution in [2.45, 2.75) is 33.7 Å². The molecule has 1 unspecified atom stereocenters. The largest absolute Gasteiger partial charge is 0.474 e. The Hall–Kier alpha value is -2.90. The van der Waals surface area contributed by atoms with Crippen molar-refractivity contribution in [1.82, 2.24) is 24.7 Å². The zero-order chi connectivity index (χ0) is 18.8. The van der Waals surface area contributed by atoms with Gasteiger partial charge in [0.15, 0.2) is 5.65 Å². The fraction of sp³-hybridized carbons (Fsp3) is 0.444. The first-order valence-corrected chi connectivity index (χ1v) is 8.87. The molecular formula is C18H25N7O. The molecule has 138 valence electrons. The normalized spacial score (nSPS) is 14.3. The predicted octanol–water partition coefficient (Wildman–Crippen LogP) is 2.64. The molecule has 8 heteroatoms. The highest BCUT2D eigenvalue weighted by Gasteiger charge is 2.29. The number of ether oxygens (including phenoxy) is 1. The SMILES string of the molecule is CC.Cc1nc2c3c(nn(C)c3n1)OCCN2C(C)c1cccnc1N. The van der Waals surface area contributed by atoms with E-state index in [1.807, 2.05) is 40.0 Å². The summed E-state index contributed by atoms with van der Waals surface area (Å²) in [6.07, 6.45) is 1.70. The summed E-state index contributed by atoms with van der Waals surface area (Å²) in [5.41, 5.74) is 7.81. The number of rotatable bonds is 2. The van der Waals surface area contributed by atoms with E-state index in [1.165, 1.54) is 0 Å². The van der Waals surface area contributed by atoms with Gasteiger partial charge in [-0.1, -0.05) is 19.9 Å². The molecule has 0 amide bonds. The fourth-order valence-corrected chi connectivity index (χ4v) is 3.19. The van der Waals surface area contributed by atoms with Crippen LogP contribution in [-0.2, 0) is 7.05 Å². The van der Waals surface area contributed by atoms with Gasteiger partial charge < -0.3 is 15.4 Å². The van der Waals surface area contributed by atoms with Crippen molar-refractivity contribution < 1.29 is 4.74 Å². The first-order chi connectivity index (χ1) is 12.6. The number of aromatic nitrogens is 5. The minimum Gasteiger partial charge on any atom is -0.474 e. The highest BCUT2D eigenvalue weighted by Crippen LogP contribution is 2.38. The summed E-state index contributed by atoms with van der Waals surface area (Å²) >= 11 is 0. The third kappa shape index (κ3) is 2.91. The van der Waals surface area contributed by atoms with Crippen LogP contribution in [0.2, 0.25) is 0 Å². The maximum Gasteiger partial charge on any atom is 0.246 e. The number of hydrogen-bond donors (Lipinski definition) is 1. The van der Waals surface area contributed by atoms with Gasteiger partial charge in [-0.15, -0.1) is 5.10 Å². The first-order valence-electron chi connectivity index (χ1n) is 8.87. The van der Waals surface area contributed by atoms with E-state index < -0.39 is 0 Å². The molecule has 1 atom stereocenters. The van der Waals surface area contributed by atoms with E-state index in [-0.39, 0.29) is 6.04 Å². The molecule has 0 aliphatic carbocycles. The molecule has 3 aromatic rings. The van der Waals surface area contributed by atoms with E-state index in [1.54, 1.807) is 10.9 Å². The average Bonchev–Trinajstić information content (AvgIpc) is 2.84. The topological polar surface area (TPSA) is 95.0 Å². The summed E-state index contributed by atoms with van der Waals surface area (Å²) in [6.45, 7) is 9.18. The second kappa shape index (κ2) is 7.15. The van der Waals surface area contributed by atoms with Crippen LogP contribution in [0.5, 0.6) is 5.88 Å². The second-order valence-corrected chi connectivity index (χ2v) is 5.92. The van der Waals surface area contributed by atoms with Gasteiger partial charge in [-0.05, 0) is 19.9 Å². The molecule has 0 saturated carbocycles. The summed E-state index contributed by atoms with van der Waals surface area (Å²) in [7, 11) is 1.86. The average molecular weight is 355 g/mol. The van der Waals surface area contributed by atoms with Crippen molar-refractivity contribution in [3.05, 3.63) is 29.7 Å². The monoisotopic (exact) mass is 355 g/mol. The predicted molar refractivity (Wildman–Crippen MR) is 102 cm³/mol. The summed E-state index contributed by atoms with van der Waals surface area (Å²) in [4.78, 5) is 15.6. The van der Waals surface area contributed by atoms with Gasteiger partial charge >= 0.3 is 0 Å². The van der Waals surface area contributed by atoms with Crippen molar-refractivity contribution in [3.8, 4) is 5.88 Å². The maximum absolute atomic E-state index is 6.07. The molecule has 0 saturated heterocycles. The summed E-state index contributed by atoms with van der Waals surface area (Å²) in [5, 5.41) is 5.28. The minimum absolute atomic E-state index is 0.00551. The Labute approximate surface area is 153 Å². The van der Waals surface area contributed by atoms with Crippen LogP contribution in [0.4, 0.5) is 11.6 Å². The van der Waals surface area contributed by atoms with Crippen LogP contribution in [0.3, 0.4) is 0 Å². The third-order valence-electron chi connectivity index (χ3n) is 4.38. The lowest BCUT2D eigenvalue weighted by Crippen LogP contribution is -2.31. The van der Waals surface area contributed by atoms with Crippen molar-refractivity contribution in [3.63, 3.8) is 0 Å². The second-order valence-electron chi connectivity index (χ2n) is 5.92. The fourth-order valence-electron chi connectivity index (χ4n) is 3.19. The number of nitrogens with two attached hydrogens (primary N) is 1. The van der Waals surface area contributed by atoms with Crippen molar-refractivity contribution in [2.75, 3.05) is 23.8 Å². The van der Waals surface area contributed by atoms with Crippen LogP contribution in [0.25, 0.3) is 11.0 Å². The molecule has 0 fully saturated rings. The molecule has 0 aromatic carbocycles. The molecular weight excluding hydrogens is 330 g/mol.